The Morgan fingerprint density at radius 3 is 1.61 bits per heavy atom. The summed E-state index contributed by atoms with van der Waals surface area (Å²) in [6.07, 6.45) is -2.34. The Morgan fingerprint density at radius 2 is 1.16 bits per heavy atom. The van der Waals surface area contributed by atoms with Gasteiger partial charge < -0.3 is 39.8 Å². The fourth-order valence-electron chi connectivity index (χ4n) is 3.53. The van der Waals surface area contributed by atoms with E-state index in [2.05, 4.69) is 16.0 Å². The van der Waals surface area contributed by atoms with Crippen molar-refractivity contribution in [1.29, 1.82) is 0 Å². The molecule has 1 unspecified atom stereocenters. The first kappa shape index (κ1) is 38.0. The number of amides is 4. The summed E-state index contributed by atoms with van der Waals surface area (Å²) in [7, 11) is 0. The second-order valence-electron chi connectivity index (χ2n) is 13.1. The fourth-order valence-corrected chi connectivity index (χ4v) is 3.53. The van der Waals surface area contributed by atoms with Crippen molar-refractivity contribution in [2.75, 3.05) is 26.2 Å². The van der Waals surface area contributed by atoms with Gasteiger partial charge in [-0.25, -0.2) is 19.2 Å². The number of esters is 1. The van der Waals surface area contributed by atoms with Crippen LogP contribution >= 0.6 is 0 Å². The van der Waals surface area contributed by atoms with Gasteiger partial charge in [-0.3, -0.25) is 4.79 Å². The molecule has 3 N–H and O–H groups in total. The first-order valence-electron chi connectivity index (χ1n) is 14.7. The first-order valence-corrected chi connectivity index (χ1v) is 14.7. The molecule has 0 aliphatic rings. The monoisotopic (exact) mass is 622 g/mol. The number of ether oxygens (including phenoxy) is 4. The molecule has 13 nitrogen and oxygen atoms in total. The zero-order chi connectivity index (χ0) is 33.6. The minimum Gasteiger partial charge on any atom is -0.459 e. The van der Waals surface area contributed by atoms with Gasteiger partial charge >= 0.3 is 24.2 Å². The number of rotatable bonds is 13. The average molecular weight is 623 g/mol. The van der Waals surface area contributed by atoms with Crippen LogP contribution in [0, 0.1) is 0 Å². The number of nitrogens with one attached hydrogen (secondary N) is 3. The molecule has 4 amide bonds. The Bertz CT molecular complexity index is 1060. The number of nitrogens with zero attached hydrogens (tertiary/aromatic N) is 1. The van der Waals surface area contributed by atoms with Gasteiger partial charge in [0.25, 0.3) is 0 Å². The summed E-state index contributed by atoms with van der Waals surface area (Å²) in [5.74, 6) is -1.11. The predicted octanol–water partition coefficient (Wildman–Crippen LogP) is 4.28. The van der Waals surface area contributed by atoms with Crippen LogP contribution in [-0.4, -0.2) is 84.1 Å². The van der Waals surface area contributed by atoms with E-state index in [1.165, 1.54) is 4.90 Å². The zero-order valence-electron chi connectivity index (χ0n) is 27.5. The van der Waals surface area contributed by atoms with Gasteiger partial charge in [0.2, 0.25) is 5.91 Å². The number of carbonyl (C=O) groups is 5. The van der Waals surface area contributed by atoms with Gasteiger partial charge in [0.1, 0.15) is 29.5 Å². The van der Waals surface area contributed by atoms with Crippen LogP contribution in [-0.2, 0) is 35.1 Å². The van der Waals surface area contributed by atoms with Crippen molar-refractivity contribution in [3.05, 3.63) is 35.9 Å². The summed E-state index contributed by atoms with van der Waals surface area (Å²) in [6, 6.07) is 7.87. The Balaban J connectivity index is 2.93. The first-order chi connectivity index (χ1) is 20.2. The molecule has 0 saturated heterocycles. The van der Waals surface area contributed by atoms with E-state index < -0.39 is 47.1 Å². The fraction of sp³-hybridized carbons (Fsp3) is 0.645. The molecule has 44 heavy (non-hydrogen) atoms. The molecule has 1 aromatic rings. The van der Waals surface area contributed by atoms with E-state index in [-0.39, 0.29) is 51.5 Å². The largest absolute Gasteiger partial charge is 0.459 e. The molecular weight excluding hydrogens is 572 g/mol. The van der Waals surface area contributed by atoms with E-state index in [0.717, 1.165) is 5.56 Å². The lowest BCUT2D eigenvalue weighted by molar-refractivity contribution is -0.148. The Hall–Kier alpha value is -4.03. The maximum Gasteiger partial charge on any atom is 0.408 e. The predicted molar refractivity (Wildman–Crippen MR) is 164 cm³/mol. The molecule has 1 atom stereocenters. The normalized spacial score (nSPS) is 12.3. The van der Waals surface area contributed by atoms with Crippen LogP contribution in [0.4, 0.5) is 14.4 Å². The van der Waals surface area contributed by atoms with Gasteiger partial charge in [0.05, 0.1) is 0 Å². The minimum absolute atomic E-state index is 0.0150. The molecule has 0 aliphatic carbocycles. The second kappa shape index (κ2) is 17.3. The Labute approximate surface area is 260 Å². The van der Waals surface area contributed by atoms with Gasteiger partial charge in [-0.2, -0.15) is 0 Å². The SMILES string of the molecule is CC(C)(C)OC(=O)NCCN(CCNC(=O)OC(C)(C)C)C(=O)CCC(NC(=O)OC(C)(C)C)C(=O)OCc1ccccc1. The van der Waals surface area contributed by atoms with Crippen molar-refractivity contribution in [2.45, 2.75) is 105 Å². The van der Waals surface area contributed by atoms with Crippen molar-refractivity contribution in [3.8, 4) is 0 Å². The van der Waals surface area contributed by atoms with Gasteiger partial charge in [0.15, 0.2) is 0 Å². The summed E-state index contributed by atoms with van der Waals surface area (Å²) in [4.78, 5) is 64.4. The maximum atomic E-state index is 13.3. The molecule has 248 valence electrons. The van der Waals surface area contributed by atoms with E-state index in [1.54, 1.807) is 74.4 Å². The third-order valence-corrected chi connectivity index (χ3v) is 5.30. The van der Waals surface area contributed by atoms with Crippen LogP contribution < -0.4 is 16.0 Å². The van der Waals surface area contributed by atoms with Crippen molar-refractivity contribution in [3.63, 3.8) is 0 Å². The van der Waals surface area contributed by atoms with Crippen LogP contribution in [0.2, 0.25) is 0 Å². The highest BCUT2D eigenvalue weighted by Gasteiger charge is 2.28. The zero-order valence-corrected chi connectivity index (χ0v) is 27.5. The van der Waals surface area contributed by atoms with Gasteiger partial charge in [0, 0.05) is 32.6 Å². The number of hydrogen-bond acceptors (Lipinski definition) is 9. The molecule has 13 heteroatoms. The Morgan fingerprint density at radius 1 is 0.705 bits per heavy atom. The highest BCUT2D eigenvalue weighted by molar-refractivity contribution is 5.83. The highest BCUT2D eigenvalue weighted by Crippen LogP contribution is 2.11. The molecule has 1 aromatic carbocycles. The number of alkyl carbamates (subject to hydrolysis) is 3. The summed E-state index contributed by atoms with van der Waals surface area (Å²) in [6.45, 7) is 15.8. The highest BCUT2D eigenvalue weighted by atomic mass is 16.6. The van der Waals surface area contributed by atoms with Crippen LogP contribution in [0.15, 0.2) is 30.3 Å². The standard InChI is InChI=1S/C31H50N4O9/c1-29(2,3)42-26(38)32-17-19-35(20-18-33-27(39)43-30(4,5)6)24(36)16-15-23(34-28(40)44-31(7,8)9)25(37)41-21-22-13-11-10-12-14-22/h10-14,23H,15-21H2,1-9H3,(H,32,38)(H,33,39)(H,34,40). The number of hydrogen-bond donors (Lipinski definition) is 3. The third-order valence-electron chi connectivity index (χ3n) is 5.30. The van der Waals surface area contributed by atoms with Crippen LogP contribution in [0.25, 0.3) is 0 Å². The molecule has 1 rings (SSSR count). The van der Waals surface area contributed by atoms with E-state index >= 15 is 0 Å². The summed E-state index contributed by atoms with van der Waals surface area (Å²) in [5.41, 5.74) is -1.43. The lowest BCUT2D eigenvalue weighted by atomic mass is 10.1. The quantitative estimate of drug-likeness (QED) is 0.215. The van der Waals surface area contributed by atoms with Crippen LogP contribution in [0.1, 0.15) is 80.7 Å². The van der Waals surface area contributed by atoms with Crippen molar-refractivity contribution < 1.29 is 42.9 Å². The van der Waals surface area contributed by atoms with Crippen molar-refractivity contribution >= 4 is 30.2 Å². The lowest BCUT2D eigenvalue weighted by Gasteiger charge is -2.26. The van der Waals surface area contributed by atoms with Crippen molar-refractivity contribution in [2.24, 2.45) is 0 Å². The van der Waals surface area contributed by atoms with E-state index in [4.69, 9.17) is 18.9 Å². The smallest absolute Gasteiger partial charge is 0.408 e. The van der Waals surface area contributed by atoms with E-state index in [0.29, 0.717) is 0 Å². The second-order valence-corrected chi connectivity index (χ2v) is 13.1. The summed E-state index contributed by atoms with van der Waals surface area (Å²) >= 11 is 0. The molecule has 0 heterocycles. The number of benzene rings is 1. The van der Waals surface area contributed by atoms with Crippen LogP contribution in [0.5, 0.6) is 0 Å². The summed E-state index contributed by atoms with van der Waals surface area (Å²) in [5, 5.41) is 7.72. The number of carbonyl (C=O) groups excluding carboxylic acids is 5. The molecule has 0 radical (unpaired) electrons. The molecule has 0 aromatic heterocycles. The maximum absolute atomic E-state index is 13.3. The molecule has 0 fully saturated rings. The molecular formula is C31H50N4O9. The van der Waals surface area contributed by atoms with Crippen LogP contribution in [0.3, 0.4) is 0 Å². The van der Waals surface area contributed by atoms with Gasteiger partial charge in [-0.05, 0) is 74.3 Å². The molecule has 0 saturated carbocycles. The van der Waals surface area contributed by atoms with Gasteiger partial charge in [-0.15, -0.1) is 0 Å². The summed E-state index contributed by atoms with van der Waals surface area (Å²) < 4.78 is 21.2. The topological polar surface area (TPSA) is 162 Å². The van der Waals surface area contributed by atoms with Gasteiger partial charge in [-0.1, -0.05) is 30.3 Å². The third kappa shape index (κ3) is 18.5. The average Bonchev–Trinajstić information content (AvgIpc) is 2.86. The van der Waals surface area contributed by atoms with Crippen molar-refractivity contribution in [1.82, 2.24) is 20.9 Å². The lowest BCUT2D eigenvalue weighted by Crippen LogP contribution is -2.46. The minimum atomic E-state index is -1.17. The molecule has 0 bridgehead atoms. The molecule has 0 spiro atoms. The molecule has 0 aliphatic heterocycles. The Kier molecular flexibility index (Phi) is 14.9. The van der Waals surface area contributed by atoms with E-state index in [9.17, 15) is 24.0 Å². The van der Waals surface area contributed by atoms with E-state index in [1.807, 2.05) is 18.2 Å².